The van der Waals surface area contributed by atoms with Crippen LogP contribution in [0.3, 0.4) is 0 Å². The number of aromatic carboxylic acids is 1. The summed E-state index contributed by atoms with van der Waals surface area (Å²) in [6, 6.07) is 10.7. The fourth-order valence-electron chi connectivity index (χ4n) is 1.19. The Morgan fingerprint density at radius 3 is 2.57 bits per heavy atom. The molecule has 0 fully saturated rings. The van der Waals surface area contributed by atoms with E-state index < -0.39 is 5.97 Å². The van der Waals surface area contributed by atoms with Gasteiger partial charge in [-0.05, 0) is 12.1 Å². The average Bonchev–Trinajstić information content (AvgIpc) is 2.17. The van der Waals surface area contributed by atoms with Crippen molar-refractivity contribution in [3.63, 3.8) is 0 Å². The summed E-state index contributed by atoms with van der Waals surface area (Å²) < 4.78 is 0. The van der Waals surface area contributed by atoms with Gasteiger partial charge in [0.15, 0.2) is 0 Å². The van der Waals surface area contributed by atoms with Crippen molar-refractivity contribution in [2.24, 2.45) is 0 Å². The van der Waals surface area contributed by atoms with Crippen LogP contribution in [0.1, 0.15) is 10.5 Å². The van der Waals surface area contributed by atoms with Crippen molar-refractivity contribution < 1.29 is 9.90 Å². The SMILES string of the molecule is O=C(O)c1ccc2ccccc2n1.[NaH]. The third-order valence-corrected chi connectivity index (χ3v) is 1.82. The number of benzene rings is 1. The van der Waals surface area contributed by atoms with Crippen LogP contribution in [0.15, 0.2) is 36.4 Å². The average molecular weight is 197 g/mol. The summed E-state index contributed by atoms with van der Waals surface area (Å²) in [5, 5.41) is 9.63. The zero-order chi connectivity index (χ0) is 9.26. The topological polar surface area (TPSA) is 50.2 Å². The van der Waals surface area contributed by atoms with Crippen molar-refractivity contribution in [2.45, 2.75) is 0 Å². The van der Waals surface area contributed by atoms with Crippen molar-refractivity contribution in [3.05, 3.63) is 42.1 Å². The minimum atomic E-state index is -0.995. The second-order valence-corrected chi connectivity index (χ2v) is 2.69. The van der Waals surface area contributed by atoms with Gasteiger partial charge < -0.3 is 5.11 Å². The van der Waals surface area contributed by atoms with Crippen LogP contribution in [0.25, 0.3) is 10.9 Å². The fraction of sp³-hybridized carbons (Fsp3) is 0. The minimum absolute atomic E-state index is 0. The first kappa shape index (κ1) is 11.2. The van der Waals surface area contributed by atoms with Gasteiger partial charge >= 0.3 is 35.5 Å². The quantitative estimate of drug-likeness (QED) is 0.700. The van der Waals surface area contributed by atoms with E-state index in [0.717, 1.165) is 5.39 Å². The number of pyridine rings is 1. The molecule has 0 amide bonds. The summed E-state index contributed by atoms with van der Waals surface area (Å²) >= 11 is 0. The van der Waals surface area contributed by atoms with Gasteiger partial charge in [-0.15, -0.1) is 0 Å². The van der Waals surface area contributed by atoms with Crippen molar-refractivity contribution in [1.82, 2.24) is 4.98 Å². The number of hydrogen-bond acceptors (Lipinski definition) is 2. The first-order valence-corrected chi connectivity index (χ1v) is 3.86. The van der Waals surface area contributed by atoms with Crippen LogP contribution in [0.4, 0.5) is 0 Å². The predicted octanol–water partition coefficient (Wildman–Crippen LogP) is 1.28. The summed E-state index contributed by atoms with van der Waals surface area (Å²) in [6.07, 6.45) is 0. The van der Waals surface area contributed by atoms with Crippen LogP contribution in [0, 0.1) is 0 Å². The monoisotopic (exact) mass is 197 g/mol. The second kappa shape index (κ2) is 4.55. The van der Waals surface area contributed by atoms with Gasteiger partial charge in [-0.1, -0.05) is 24.3 Å². The van der Waals surface area contributed by atoms with E-state index in [1.807, 2.05) is 18.2 Å². The van der Waals surface area contributed by atoms with Gasteiger partial charge in [-0.3, -0.25) is 0 Å². The molecule has 66 valence electrons. The molecule has 0 saturated heterocycles. The number of hydrogen-bond donors (Lipinski definition) is 1. The third kappa shape index (κ3) is 2.12. The first-order chi connectivity index (χ1) is 6.27. The molecule has 0 spiro atoms. The molecule has 3 nitrogen and oxygen atoms in total. The zero-order valence-corrected chi connectivity index (χ0v) is 6.77. The fourth-order valence-corrected chi connectivity index (χ4v) is 1.19. The molecule has 1 heterocycles. The molecule has 14 heavy (non-hydrogen) atoms. The van der Waals surface area contributed by atoms with Crippen LogP contribution >= 0.6 is 0 Å². The van der Waals surface area contributed by atoms with Gasteiger partial charge in [0.05, 0.1) is 5.52 Å². The van der Waals surface area contributed by atoms with Gasteiger partial charge in [0.2, 0.25) is 0 Å². The molecule has 0 radical (unpaired) electrons. The molecule has 1 N–H and O–H groups in total. The molecular formula is C10H8NNaO2. The zero-order valence-electron chi connectivity index (χ0n) is 6.77. The van der Waals surface area contributed by atoms with Crippen LogP contribution in [-0.4, -0.2) is 45.6 Å². The Bertz CT molecular complexity index is 470. The van der Waals surface area contributed by atoms with Gasteiger partial charge in [-0.25, -0.2) is 9.78 Å². The Balaban J connectivity index is 0.000000980. The number of fused-ring (bicyclic) bond motifs is 1. The van der Waals surface area contributed by atoms with Crippen molar-refractivity contribution in [3.8, 4) is 0 Å². The molecule has 0 aliphatic rings. The Kier molecular flexibility index (Phi) is 3.63. The van der Waals surface area contributed by atoms with E-state index in [0.29, 0.717) is 5.52 Å². The van der Waals surface area contributed by atoms with Crippen LogP contribution in [0.2, 0.25) is 0 Å². The third-order valence-electron chi connectivity index (χ3n) is 1.82. The van der Waals surface area contributed by atoms with E-state index in [1.165, 1.54) is 6.07 Å². The number of carboxylic acid groups (broad SMARTS) is 1. The number of para-hydroxylation sites is 1. The molecule has 0 bridgehead atoms. The number of rotatable bonds is 1. The van der Waals surface area contributed by atoms with Crippen LogP contribution in [-0.2, 0) is 0 Å². The van der Waals surface area contributed by atoms with E-state index in [4.69, 9.17) is 5.11 Å². The molecule has 0 atom stereocenters. The molecule has 0 saturated carbocycles. The first-order valence-electron chi connectivity index (χ1n) is 3.86. The molecular weight excluding hydrogens is 189 g/mol. The second-order valence-electron chi connectivity index (χ2n) is 2.69. The summed E-state index contributed by atoms with van der Waals surface area (Å²) in [6.45, 7) is 0. The maximum atomic E-state index is 10.6. The maximum absolute atomic E-state index is 10.6. The van der Waals surface area contributed by atoms with Crippen molar-refractivity contribution in [1.29, 1.82) is 0 Å². The van der Waals surface area contributed by atoms with E-state index in [2.05, 4.69) is 4.98 Å². The molecule has 1 aromatic heterocycles. The molecule has 2 rings (SSSR count). The standard InChI is InChI=1S/C10H7NO2.Na.H/c12-10(13)9-6-5-7-3-1-2-4-8(7)11-9;;/h1-6H,(H,12,13);;. The summed E-state index contributed by atoms with van der Waals surface area (Å²) in [7, 11) is 0. The normalized spacial score (nSPS) is 9.43. The molecule has 4 heteroatoms. The summed E-state index contributed by atoms with van der Waals surface area (Å²) in [5.74, 6) is -0.995. The van der Waals surface area contributed by atoms with Gasteiger partial charge in [0.1, 0.15) is 5.69 Å². The molecule has 0 aliphatic heterocycles. The number of nitrogens with zero attached hydrogens (tertiary/aromatic N) is 1. The van der Waals surface area contributed by atoms with Gasteiger partial charge in [0, 0.05) is 5.39 Å². The van der Waals surface area contributed by atoms with E-state index in [-0.39, 0.29) is 35.3 Å². The van der Waals surface area contributed by atoms with E-state index in [1.54, 1.807) is 12.1 Å². The van der Waals surface area contributed by atoms with Crippen LogP contribution in [0.5, 0.6) is 0 Å². The van der Waals surface area contributed by atoms with Gasteiger partial charge in [0.25, 0.3) is 0 Å². The Morgan fingerprint density at radius 1 is 1.14 bits per heavy atom. The molecule has 0 aliphatic carbocycles. The Morgan fingerprint density at radius 2 is 1.86 bits per heavy atom. The Hall–Kier alpha value is -0.900. The summed E-state index contributed by atoms with van der Waals surface area (Å²) in [4.78, 5) is 14.6. The number of aromatic nitrogens is 1. The molecule has 1 aromatic carbocycles. The van der Waals surface area contributed by atoms with Crippen molar-refractivity contribution >= 4 is 46.4 Å². The summed E-state index contributed by atoms with van der Waals surface area (Å²) in [5.41, 5.74) is 0.793. The Labute approximate surface area is 103 Å². The predicted molar refractivity (Wildman–Crippen MR) is 55.9 cm³/mol. The van der Waals surface area contributed by atoms with E-state index >= 15 is 0 Å². The number of carbonyl (C=O) groups is 1. The van der Waals surface area contributed by atoms with Crippen molar-refractivity contribution in [2.75, 3.05) is 0 Å². The molecule has 0 unspecified atom stereocenters. The van der Waals surface area contributed by atoms with Crippen LogP contribution < -0.4 is 0 Å². The molecule has 2 aromatic rings. The number of carboxylic acids is 1. The van der Waals surface area contributed by atoms with Gasteiger partial charge in [-0.2, -0.15) is 0 Å². The van der Waals surface area contributed by atoms with E-state index in [9.17, 15) is 4.79 Å².